The molecule has 2 aliphatic rings. The Labute approximate surface area is 117 Å². The van der Waals surface area contributed by atoms with E-state index >= 15 is 0 Å². The second-order valence-electron chi connectivity index (χ2n) is 6.72. The Balaban J connectivity index is 1.89. The molecule has 1 N–H and O–H groups in total. The summed E-state index contributed by atoms with van der Waals surface area (Å²) in [6.07, 6.45) is 11.3. The highest BCUT2D eigenvalue weighted by Gasteiger charge is 2.39. The topological polar surface area (TPSA) is 40.5 Å². The van der Waals surface area contributed by atoms with Crippen molar-refractivity contribution in [1.29, 1.82) is 0 Å². The Morgan fingerprint density at radius 2 is 1.84 bits per heavy atom. The van der Waals surface area contributed by atoms with E-state index in [9.17, 15) is 4.79 Å². The molecular formula is C16H29NO2. The molecule has 0 bridgehead atoms. The van der Waals surface area contributed by atoms with Gasteiger partial charge in [-0.25, -0.2) is 0 Å². The molecule has 0 aliphatic heterocycles. The summed E-state index contributed by atoms with van der Waals surface area (Å²) in [5.41, 5.74) is 0.673. The molecule has 0 amide bonds. The first-order chi connectivity index (χ1) is 9.06. The fourth-order valence-corrected chi connectivity index (χ4v) is 4.47. The minimum atomic E-state index is -0.672. The molecule has 110 valence electrons. The lowest BCUT2D eigenvalue weighted by molar-refractivity contribution is -0.138. The maximum atomic E-state index is 10.9. The Hall–Kier alpha value is -0.570. The van der Waals surface area contributed by atoms with Crippen molar-refractivity contribution in [3.05, 3.63) is 0 Å². The number of carbonyl (C=O) groups is 1. The van der Waals surface area contributed by atoms with E-state index in [2.05, 4.69) is 18.7 Å². The van der Waals surface area contributed by atoms with Gasteiger partial charge in [-0.15, -0.1) is 0 Å². The lowest BCUT2D eigenvalue weighted by atomic mass is 9.71. The van der Waals surface area contributed by atoms with Gasteiger partial charge >= 0.3 is 5.97 Å². The van der Waals surface area contributed by atoms with E-state index in [4.69, 9.17) is 5.11 Å². The second kappa shape index (κ2) is 6.25. The van der Waals surface area contributed by atoms with Crippen LogP contribution in [0.1, 0.15) is 71.6 Å². The predicted octanol–water partition coefficient (Wildman–Crippen LogP) is 3.67. The monoisotopic (exact) mass is 267 g/mol. The van der Waals surface area contributed by atoms with Crippen LogP contribution in [-0.2, 0) is 4.79 Å². The van der Waals surface area contributed by atoms with Crippen molar-refractivity contribution >= 4 is 5.97 Å². The second-order valence-corrected chi connectivity index (χ2v) is 6.72. The number of hydrogen-bond donors (Lipinski definition) is 1. The minimum absolute atomic E-state index is 0.171. The molecule has 19 heavy (non-hydrogen) atoms. The number of nitrogens with zero attached hydrogens (tertiary/aromatic N) is 1. The largest absolute Gasteiger partial charge is 0.481 e. The Morgan fingerprint density at radius 3 is 2.32 bits per heavy atom. The van der Waals surface area contributed by atoms with Crippen molar-refractivity contribution in [2.24, 2.45) is 5.41 Å². The third kappa shape index (κ3) is 3.50. The van der Waals surface area contributed by atoms with Crippen LogP contribution in [-0.4, -0.2) is 34.6 Å². The third-order valence-corrected chi connectivity index (χ3v) is 5.55. The predicted molar refractivity (Wildman–Crippen MR) is 77.3 cm³/mol. The molecule has 0 aromatic rings. The smallest absolute Gasteiger partial charge is 0.304 e. The first-order valence-electron chi connectivity index (χ1n) is 8.04. The van der Waals surface area contributed by atoms with Crippen LogP contribution in [0.15, 0.2) is 0 Å². The van der Waals surface area contributed by atoms with Gasteiger partial charge in [0.25, 0.3) is 0 Å². The first-order valence-corrected chi connectivity index (χ1v) is 8.04. The van der Waals surface area contributed by atoms with E-state index in [1.54, 1.807) is 0 Å². The van der Waals surface area contributed by atoms with Crippen LogP contribution in [0.4, 0.5) is 0 Å². The quantitative estimate of drug-likeness (QED) is 0.826. The van der Waals surface area contributed by atoms with Crippen molar-refractivity contribution in [3.8, 4) is 0 Å². The molecule has 1 atom stereocenters. The van der Waals surface area contributed by atoms with Crippen LogP contribution >= 0.6 is 0 Å². The van der Waals surface area contributed by atoms with E-state index in [1.165, 1.54) is 51.4 Å². The van der Waals surface area contributed by atoms with Crippen LogP contribution in [0.3, 0.4) is 0 Å². The molecule has 0 saturated heterocycles. The van der Waals surface area contributed by atoms with Crippen LogP contribution in [0, 0.1) is 5.41 Å². The van der Waals surface area contributed by atoms with Gasteiger partial charge in [0.1, 0.15) is 0 Å². The van der Waals surface area contributed by atoms with Crippen molar-refractivity contribution < 1.29 is 9.90 Å². The van der Waals surface area contributed by atoms with Crippen molar-refractivity contribution in [1.82, 2.24) is 4.90 Å². The number of hydrogen-bond acceptors (Lipinski definition) is 2. The average molecular weight is 267 g/mol. The zero-order chi connectivity index (χ0) is 13.9. The van der Waals surface area contributed by atoms with Crippen LogP contribution in [0.5, 0.6) is 0 Å². The minimum Gasteiger partial charge on any atom is -0.481 e. The fourth-order valence-electron chi connectivity index (χ4n) is 4.47. The molecule has 3 heteroatoms. The van der Waals surface area contributed by atoms with Gasteiger partial charge in [-0.2, -0.15) is 0 Å². The zero-order valence-electron chi connectivity index (χ0n) is 12.5. The normalized spacial score (nSPS) is 25.0. The van der Waals surface area contributed by atoms with E-state index in [1.807, 2.05) is 0 Å². The maximum absolute atomic E-state index is 10.9. The van der Waals surface area contributed by atoms with Crippen LogP contribution in [0.25, 0.3) is 0 Å². The van der Waals surface area contributed by atoms with Crippen LogP contribution in [0.2, 0.25) is 0 Å². The van der Waals surface area contributed by atoms with Gasteiger partial charge in [-0.3, -0.25) is 9.69 Å². The van der Waals surface area contributed by atoms with Gasteiger partial charge in [0.15, 0.2) is 0 Å². The molecule has 2 fully saturated rings. The number of carboxylic acid groups (broad SMARTS) is 1. The Kier molecular flexibility index (Phi) is 4.88. The highest BCUT2D eigenvalue weighted by Crippen LogP contribution is 2.49. The van der Waals surface area contributed by atoms with Crippen molar-refractivity contribution in [2.75, 3.05) is 6.54 Å². The number of rotatable bonds is 5. The Bertz CT molecular complexity index is 300. The van der Waals surface area contributed by atoms with E-state index < -0.39 is 5.97 Å². The lowest BCUT2D eigenvalue weighted by Gasteiger charge is -2.43. The third-order valence-electron chi connectivity index (χ3n) is 5.55. The fraction of sp³-hybridized carbons (Fsp3) is 0.938. The van der Waals surface area contributed by atoms with Gasteiger partial charge in [0, 0.05) is 12.1 Å². The van der Waals surface area contributed by atoms with Gasteiger partial charge in [0.05, 0.1) is 6.42 Å². The lowest BCUT2D eigenvalue weighted by Crippen LogP contribution is -2.45. The standard InChI is InChI=1S/C16H29NO2/c1-3-17(13(2)12-15(18)19)14-6-10-16(11-7-14)8-4-5-9-16/h13-14H,3-12H2,1-2H3,(H,18,19). The molecule has 0 heterocycles. The summed E-state index contributed by atoms with van der Waals surface area (Å²) in [5, 5.41) is 8.97. The summed E-state index contributed by atoms with van der Waals surface area (Å²) in [5.74, 6) is -0.672. The van der Waals surface area contributed by atoms with E-state index in [-0.39, 0.29) is 12.5 Å². The van der Waals surface area contributed by atoms with Gasteiger partial charge in [-0.1, -0.05) is 19.8 Å². The number of aliphatic carboxylic acids is 1. The molecule has 0 radical (unpaired) electrons. The summed E-state index contributed by atoms with van der Waals surface area (Å²) < 4.78 is 0. The van der Waals surface area contributed by atoms with Gasteiger partial charge in [0.2, 0.25) is 0 Å². The highest BCUT2D eigenvalue weighted by atomic mass is 16.4. The number of carboxylic acids is 1. The highest BCUT2D eigenvalue weighted by molar-refractivity contribution is 5.67. The molecule has 2 saturated carbocycles. The van der Waals surface area contributed by atoms with E-state index in [0.717, 1.165) is 6.54 Å². The summed E-state index contributed by atoms with van der Waals surface area (Å²) >= 11 is 0. The summed E-state index contributed by atoms with van der Waals surface area (Å²) in [6.45, 7) is 5.21. The molecule has 2 rings (SSSR count). The molecule has 1 unspecified atom stereocenters. The molecular weight excluding hydrogens is 238 g/mol. The molecule has 0 aromatic carbocycles. The van der Waals surface area contributed by atoms with E-state index in [0.29, 0.717) is 11.5 Å². The molecule has 3 nitrogen and oxygen atoms in total. The van der Waals surface area contributed by atoms with Gasteiger partial charge in [-0.05, 0) is 57.4 Å². The molecule has 2 aliphatic carbocycles. The summed E-state index contributed by atoms with van der Waals surface area (Å²) in [6, 6.07) is 0.788. The SMILES string of the molecule is CCN(C(C)CC(=O)O)C1CCC2(CCCC2)CC1. The van der Waals surface area contributed by atoms with Gasteiger partial charge < -0.3 is 5.11 Å². The summed E-state index contributed by atoms with van der Waals surface area (Å²) in [7, 11) is 0. The van der Waals surface area contributed by atoms with Crippen molar-refractivity contribution in [3.63, 3.8) is 0 Å². The average Bonchev–Trinajstić information content (AvgIpc) is 2.80. The molecule has 0 aromatic heterocycles. The maximum Gasteiger partial charge on any atom is 0.304 e. The Morgan fingerprint density at radius 1 is 1.26 bits per heavy atom. The summed E-state index contributed by atoms with van der Waals surface area (Å²) in [4.78, 5) is 13.3. The molecule has 1 spiro atoms. The zero-order valence-corrected chi connectivity index (χ0v) is 12.5. The van der Waals surface area contributed by atoms with Crippen LogP contribution < -0.4 is 0 Å². The first kappa shape index (κ1) is 14.8. The van der Waals surface area contributed by atoms with Crippen molar-refractivity contribution in [2.45, 2.75) is 83.7 Å².